The molecule has 2 rings (SSSR count). The topological polar surface area (TPSA) is 88.1 Å². The minimum atomic E-state index is -3.40. The first kappa shape index (κ1) is 15.4. The third-order valence-electron chi connectivity index (χ3n) is 3.05. The molecule has 0 saturated heterocycles. The average Bonchev–Trinajstić information content (AvgIpc) is 2.73. The maximum absolute atomic E-state index is 13.6. The molecule has 0 spiro atoms. The summed E-state index contributed by atoms with van der Waals surface area (Å²) in [6, 6.07) is 6.06. The third-order valence-corrected chi connectivity index (χ3v) is 4.32. The lowest BCUT2D eigenvalue weighted by Crippen LogP contribution is -2.28. The molecule has 0 amide bonds. The van der Waals surface area contributed by atoms with E-state index < -0.39 is 21.5 Å². The van der Waals surface area contributed by atoms with Gasteiger partial charge in [0.1, 0.15) is 11.6 Å². The highest BCUT2D eigenvalue weighted by molar-refractivity contribution is 7.88. The van der Waals surface area contributed by atoms with E-state index >= 15 is 0 Å². The van der Waals surface area contributed by atoms with Crippen LogP contribution in [0.1, 0.15) is 11.4 Å². The second kappa shape index (κ2) is 5.78. The Morgan fingerprint density at radius 2 is 2.05 bits per heavy atom. The molecule has 1 aromatic heterocycles. The van der Waals surface area contributed by atoms with Crippen molar-refractivity contribution in [3.63, 3.8) is 0 Å². The van der Waals surface area contributed by atoms with Gasteiger partial charge in [-0.1, -0.05) is 18.2 Å². The largest absolute Gasteiger partial charge is 0.343 e. The van der Waals surface area contributed by atoms with Crippen molar-refractivity contribution in [3.8, 4) is 0 Å². The predicted octanol–water partition coefficient (Wildman–Crippen LogP) is 0.150. The van der Waals surface area contributed by atoms with E-state index in [1.165, 1.54) is 17.7 Å². The second-order valence-electron chi connectivity index (χ2n) is 4.64. The van der Waals surface area contributed by atoms with Crippen LogP contribution in [0.15, 0.2) is 29.1 Å². The molecule has 0 unspecified atom stereocenters. The highest BCUT2D eigenvalue weighted by Gasteiger charge is 2.17. The Labute approximate surface area is 121 Å². The molecule has 1 aromatic carbocycles. The second-order valence-corrected chi connectivity index (χ2v) is 6.73. The zero-order valence-corrected chi connectivity index (χ0v) is 12.4. The summed E-state index contributed by atoms with van der Waals surface area (Å²) in [4.78, 5) is 11.7. The molecule has 0 fully saturated rings. The van der Waals surface area contributed by atoms with E-state index in [-0.39, 0.29) is 18.9 Å². The summed E-state index contributed by atoms with van der Waals surface area (Å²) in [6.07, 6.45) is 1.05. The van der Waals surface area contributed by atoms with Crippen LogP contribution in [-0.2, 0) is 23.1 Å². The molecule has 7 nitrogen and oxygen atoms in total. The summed E-state index contributed by atoms with van der Waals surface area (Å²) in [5, 5.41) is 6.04. The van der Waals surface area contributed by atoms with Gasteiger partial charge in [-0.2, -0.15) is 9.40 Å². The summed E-state index contributed by atoms with van der Waals surface area (Å²) in [5.41, 5.74) is -0.195. The van der Waals surface area contributed by atoms with Gasteiger partial charge >= 0.3 is 5.69 Å². The van der Waals surface area contributed by atoms with Crippen molar-refractivity contribution in [2.24, 2.45) is 0 Å². The zero-order chi connectivity index (χ0) is 15.6. The number of H-pyrrole nitrogens is 1. The number of nitrogens with zero attached hydrogens (tertiary/aromatic N) is 3. The lowest BCUT2D eigenvalue weighted by atomic mass is 10.2. The van der Waals surface area contributed by atoms with Crippen molar-refractivity contribution in [1.29, 1.82) is 0 Å². The molecule has 0 aliphatic rings. The number of benzene rings is 1. The van der Waals surface area contributed by atoms with Gasteiger partial charge in [-0.15, -0.1) is 0 Å². The number of aromatic amines is 1. The Kier molecular flexibility index (Phi) is 4.24. The Morgan fingerprint density at radius 1 is 1.38 bits per heavy atom. The van der Waals surface area contributed by atoms with E-state index in [1.54, 1.807) is 18.2 Å². The molecular formula is C12H15FN4O3S. The van der Waals surface area contributed by atoms with Crippen LogP contribution in [0.4, 0.5) is 4.39 Å². The molecule has 9 heteroatoms. The lowest BCUT2D eigenvalue weighted by Gasteiger charge is -2.14. The average molecular weight is 314 g/mol. The third kappa shape index (κ3) is 3.56. The van der Waals surface area contributed by atoms with E-state index in [4.69, 9.17) is 0 Å². The number of rotatable bonds is 5. The van der Waals surface area contributed by atoms with Gasteiger partial charge < -0.3 is 0 Å². The van der Waals surface area contributed by atoms with Gasteiger partial charge in [0.25, 0.3) is 0 Å². The fourth-order valence-corrected chi connectivity index (χ4v) is 2.10. The first-order valence-electron chi connectivity index (χ1n) is 6.08. The van der Waals surface area contributed by atoms with Crippen LogP contribution in [-0.4, -0.2) is 40.8 Å². The summed E-state index contributed by atoms with van der Waals surface area (Å²) in [5.74, 6) is -0.218. The molecule has 0 atom stereocenters. The van der Waals surface area contributed by atoms with Gasteiger partial charge in [-0.05, 0) is 6.07 Å². The van der Waals surface area contributed by atoms with Crippen LogP contribution < -0.4 is 5.69 Å². The molecule has 0 saturated carbocycles. The molecule has 114 valence electrons. The molecule has 21 heavy (non-hydrogen) atoms. The number of nitrogens with one attached hydrogen (secondary N) is 1. The van der Waals surface area contributed by atoms with Gasteiger partial charge in [-0.3, -0.25) is 4.57 Å². The SMILES string of the molecule is CN(Cc1n[nH]c(=O)n1Cc1ccccc1F)S(C)(=O)=O. The van der Waals surface area contributed by atoms with Gasteiger partial charge in [-0.25, -0.2) is 22.7 Å². The van der Waals surface area contributed by atoms with Crippen molar-refractivity contribution in [2.75, 3.05) is 13.3 Å². The number of sulfonamides is 1. The maximum atomic E-state index is 13.6. The first-order valence-corrected chi connectivity index (χ1v) is 7.92. The quantitative estimate of drug-likeness (QED) is 0.851. The van der Waals surface area contributed by atoms with Gasteiger partial charge in [0, 0.05) is 12.6 Å². The minimum absolute atomic E-state index is 0.0189. The molecule has 1 N–H and O–H groups in total. The highest BCUT2D eigenvalue weighted by atomic mass is 32.2. The van der Waals surface area contributed by atoms with Crippen LogP contribution >= 0.6 is 0 Å². The highest BCUT2D eigenvalue weighted by Crippen LogP contribution is 2.09. The van der Waals surface area contributed by atoms with Crippen LogP contribution in [0, 0.1) is 5.82 Å². The lowest BCUT2D eigenvalue weighted by molar-refractivity contribution is 0.451. The van der Waals surface area contributed by atoms with Crippen LogP contribution in [0.2, 0.25) is 0 Å². The Hall–Kier alpha value is -2.00. The van der Waals surface area contributed by atoms with Gasteiger partial charge in [0.2, 0.25) is 10.0 Å². The Balaban J connectivity index is 2.31. The smallest absolute Gasteiger partial charge is 0.273 e. The zero-order valence-electron chi connectivity index (χ0n) is 11.6. The summed E-state index contributed by atoms with van der Waals surface area (Å²) < 4.78 is 38.7. The maximum Gasteiger partial charge on any atom is 0.343 e. The van der Waals surface area contributed by atoms with E-state index in [1.807, 2.05) is 0 Å². The van der Waals surface area contributed by atoms with Crippen molar-refractivity contribution in [3.05, 3.63) is 52.0 Å². The molecule has 1 heterocycles. The van der Waals surface area contributed by atoms with Crippen LogP contribution in [0.3, 0.4) is 0 Å². The van der Waals surface area contributed by atoms with Crippen LogP contribution in [0.5, 0.6) is 0 Å². The Bertz CT molecular complexity index is 797. The number of hydrogen-bond donors (Lipinski definition) is 1. The predicted molar refractivity (Wildman–Crippen MR) is 74.7 cm³/mol. The summed E-state index contributed by atoms with van der Waals surface area (Å²) in [7, 11) is -2.02. The van der Waals surface area contributed by atoms with Gasteiger partial charge in [0.05, 0.1) is 19.3 Å². The fraction of sp³-hybridized carbons (Fsp3) is 0.333. The van der Waals surface area contributed by atoms with Gasteiger partial charge in [0.15, 0.2) is 0 Å². The molecule has 2 aromatic rings. The molecule has 0 radical (unpaired) electrons. The van der Waals surface area contributed by atoms with Crippen molar-refractivity contribution in [2.45, 2.75) is 13.1 Å². The minimum Gasteiger partial charge on any atom is -0.273 e. The molecule has 0 aliphatic heterocycles. The number of hydrogen-bond acceptors (Lipinski definition) is 4. The van der Waals surface area contributed by atoms with E-state index in [9.17, 15) is 17.6 Å². The first-order chi connectivity index (χ1) is 9.79. The monoisotopic (exact) mass is 314 g/mol. The number of halogens is 1. The van der Waals surface area contributed by atoms with E-state index in [2.05, 4.69) is 10.2 Å². The van der Waals surface area contributed by atoms with E-state index in [0.717, 1.165) is 10.6 Å². The fourth-order valence-electron chi connectivity index (χ4n) is 1.75. The van der Waals surface area contributed by atoms with E-state index in [0.29, 0.717) is 5.56 Å². The summed E-state index contributed by atoms with van der Waals surface area (Å²) in [6.45, 7) is -0.0963. The van der Waals surface area contributed by atoms with Crippen molar-refractivity contribution < 1.29 is 12.8 Å². The van der Waals surface area contributed by atoms with Crippen molar-refractivity contribution in [1.82, 2.24) is 19.1 Å². The Morgan fingerprint density at radius 3 is 2.67 bits per heavy atom. The molecular weight excluding hydrogens is 299 g/mol. The number of aromatic nitrogens is 3. The molecule has 0 bridgehead atoms. The van der Waals surface area contributed by atoms with Crippen LogP contribution in [0.25, 0.3) is 0 Å². The normalized spacial score (nSPS) is 12.0. The van der Waals surface area contributed by atoms with Crippen molar-refractivity contribution >= 4 is 10.0 Å². The molecule has 0 aliphatic carbocycles. The summed E-state index contributed by atoms with van der Waals surface area (Å²) >= 11 is 0. The standard InChI is InChI=1S/C12H15FN4O3S/c1-16(21(2,19)20)8-11-14-15-12(18)17(11)7-9-5-3-4-6-10(9)13/h3-6H,7-8H2,1-2H3,(H,15,18).